The Morgan fingerprint density at radius 3 is 2.48 bits per heavy atom. The molecule has 2 aromatic rings. The van der Waals surface area contributed by atoms with Gasteiger partial charge in [0, 0.05) is 17.1 Å². The van der Waals surface area contributed by atoms with E-state index in [0.717, 1.165) is 22.2 Å². The van der Waals surface area contributed by atoms with Crippen LogP contribution in [-0.4, -0.2) is 23.2 Å². The molecule has 0 aliphatic carbocycles. The van der Waals surface area contributed by atoms with Crippen molar-refractivity contribution in [1.82, 2.24) is 4.98 Å². The van der Waals surface area contributed by atoms with Crippen molar-refractivity contribution in [3.05, 3.63) is 42.3 Å². The van der Waals surface area contributed by atoms with Gasteiger partial charge in [0.25, 0.3) is 0 Å². The molecule has 0 amide bonds. The highest BCUT2D eigenvalue weighted by molar-refractivity contribution is 5.89. The molecule has 0 spiro atoms. The van der Waals surface area contributed by atoms with Gasteiger partial charge in [0.05, 0.1) is 13.2 Å². The summed E-state index contributed by atoms with van der Waals surface area (Å²) < 4.78 is 5.32. The van der Waals surface area contributed by atoms with Crippen LogP contribution in [0.25, 0.3) is 10.9 Å². The molecule has 1 aromatic carbocycles. The van der Waals surface area contributed by atoms with Crippen LogP contribution in [0.3, 0.4) is 0 Å². The van der Waals surface area contributed by atoms with Crippen LogP contribution < -0.4 is 10.5 Å². The quantitative estimate of drug-likeness (QED) is 0.741. The fraction of sp³-hybridized carbons (Fsp3) is 0.412. The first-order chi connectivity index (χ1) is 10.1. The predicted octanol–water partition coefficient (Wildman–Crippen LogP) is 4.17. The van der Waals surface area contributed by atoms with E-state index in [1.165, 1.54) is 0 Å². The third kappa shape index (κ3) is 4.83. The summed E-state index contributed by atoms with van der Waals surface area (Å²) in [6.45, 7) is 11.4. The van der Waals surface area contributed by atoms with Gasteiger partial charge in [-0.1, -0.05) is 40.3 Å². The van der Waals surface area contributed by atoms with E-state index in [9.17, 15) is 5.11 Å². The van der Waals surface area contributed by atoms with Crippen molar-refractivity contribution in [2.24, 2.45) is 5.73 Å². The molecule has 2 rings (SSSR count). The number of nitrogens with one attached hydrogen (secondary N) is 1. The smallest absolute Gasteiger partial charge is 0.128 e. The van der Waals surface area contributed by atoms with Gasteiger partial charge in [-0.3, -0.25) is 0 Å². The zero-order valence-corrected chi connectivity index (χ0v) is 13.7. The molecule has 0 fully saturated rings. The van der Waals surface area contributed by atoms with Gasteiger partial charge in [-0.05, 0) is 24.1 Å². The van der Waals surface area contributed by atoms with Gasteiger partial charge >= 0.3 is 0 Å². The van der Waals surface area contributed by atoms with Gasteiger partial charge in [0.15, 0.2) is 0 Å². The highest BCUT2D eigenvalue weighted by Gasteiger charge is 2.13. The van der Waals surface area contributed by atoms with Crippen LogP contribution in [0.15, 0.2) is 36.7 Å². The number of nitrogens with two attached hydrogens (primary N) is 1. The Hall–Kier alpha value is -1.94. The maximum Gasteiger partial charge on any atom is 0.128 e. The minimum absolute atomic E-state index is 0.00533. The number of methoxy groups -OCH3 is 1. The summed E-state index contributed by atoms with van der Waals surface area (Å²) in [5, 5.41) is 10.3. The minimum Gasteiger partial charge on any atom is -0.511 e. The maximum absolute atomic E-state index is 9.26. The molecule has 0 bridgehead atoms. The molecule has 1 atom stereocenters. The number of aromatic nitrogens is 1. The predicted molar refractivity (Wildman–Crippen MR) is 91.0 cm³/mol. The molecule has 4 N–H and O–H groups in total. The van der Waals surface area contributed by atoms with E-state index < -0.39 is 6.04 Å². The zero-order valence-electron chi connectivity index (χ0n) is 13.7. The molecule has 0 saturated heterocycles. The number of hydrogen-bond donors (Lipinski definition) is 3. The summed E-state index contributed by atoms with van der Waals surface area (Å²) >= 11 is 0. The molecule has 4 nitrogen and oxygen atoms in total. The summed E-state index contributed by atoms with van der Waals surface area (Å²) in [5.41, 5.74) is 7.80. The normalized spacial score (nSPS) is 10.8. The summed E-state index contributed by atoms with van der Waals surface area (Å²) in [6, 6.07) is 5.34. The molecule has 0 aliphatic heterocycles. The average Bonchev–Trinajstić information content (AvgIpc) is 2.94. The van der Waals surface area contributed by atoms with Gasteiger partial charge in [-0.15, -0.1) is 0 Å². The fourth-order valence-corrected chi connectivity index (χ4v) is 1.91. The number of H-pyrrole nitrogens is 1. The number of aromatic amines is 1. The van der Waals surface area contributed by atoms with E-state index in [2.05, 4.69) is 11.6 Å². The Morgan fingerprint density at radius 2 is 1.95 bits per heavy atom. The molecule has 4 heteroatoms. The molecule has 1 aromatic heterocycles. The van der Waals surface area contributed by atoms with Gasteiger partial charge in [-0.2, -0.15) is 0 Å². The van der Waals surface area contributed by atoms with Gasteiger partial charge in [0.1, 0.15) is 11.5 Å². The van der Waals surface area contributed by atoms with Crippen molar-refractivity contribution in [2.45, 2.75) is 40.2 Å². The highest BCUT2D eigenvalue weighted by atomic mass is 16.5. The Morgan fingerprint density at radius 1 is 1.33 bits per heavy atom. The van der Waals surface area contributed by atoms with Crippen molar-refractivity contribution < 1.29 is 9.84 Å². The fourth-order valence-electron chi connectivity index (χ4n) is 1.91. The largest absolute Gasteiger partial charge is 0.511 e. The Kier molecular flexibility index (Phi) is 8.97. The number of ether oxygens (including phenoxy) is 1. The second-order valence-electron chi connectivity index (χ2n) is 4.00. The Labute approximate surface area is 127 Å². The second kappa shape index (κ2) is 9.88. The highest BCUT2D eigenvalue weighted by Crippen LogP contribution is 2.29. The summed E-state index contributed by atoms with van der Waals surface area (Å²) in [4.78, 5) is 3.16. The molecule has 1 unspecified atom stereocenters. The number of aliphatic hydroxyl groups is 1. The minimum atomic E-state index is -0.459. The van der Waals surface area contributed by atoms with Crippen molar-refractivity contribution in [2.75, 3.05) is 7.11 Å². The summed E-state index contributed by atoms with van der Waals surface area (Å²) in [6.07, 6.45) is 2.41. The van der Waals surface area contributed by atoms with Crippen LogP contribution in [-0.2, 0) is 6.42 Å². The van der Waals surface area contributed by atoms with Crippen LogP contribution >= 0.6 is 0 Å². The van der Waals surface area contributed by atoms with E-state index in [4.69, 9.17) is 10.5 Å². The van der Waals surface area contributed by atoms with Crippen LogP contribution in [0.2, 0.25) is 0 Å². The molecular weight excluding hydrogens is 264 g/mol. The number of aliphatic hydroxyl groups excluding tert-OH is 1. The molecule has 0 saturated carbocycles. The molecule has 1 heterocycles. The van der Waals surface area contributed by atoms with E-state index >= 15 is 0 Å². The van der Waals surface area contributed by atoms with Gasteiger partial charge in [-0.25, -0.2) is 0 Å². The maximum atomic E-state index is 9.26. The van der Waals surface area contributed by atoms with E-state index in [1.807, 2.05) is 52.1 Å². The number of rotatable bonds is 4. The average molecular weight is 292 g/mol. The van der Waals surface area contributed by atoms with Crippen LogP contribution in [0.4, 0.5) is 0 Å². The number of fused-ring (bicyclic) bond motifs is 1. The van der Waals surface area contributed by atoms with E-state index in [1.54, 1.807) is 7.11 Å². The van der Waals surface area contributed by atoms with E-state index in [0.29, 0.717) is 6.42 Å². The first-order valence-corrected chi connectivity index (χ1v) is 7.39. The molecule has 0 aliphatic rings. The Bertz CT molecular complexity index is 547. The Balaban J connectivity index is 0.000000921. The van der Waals surface area contributed by atoms with Crippen LogP contribution in [0.1, 0.15) is 33.3 Å². The molecule has 21 heavy (non-hydrogen) atoms. The molecule has 0 radical (unpaired) electrons. The standard InChI is InChI=1S/C13H16N2O2.2C2H6/c1-8(16)10(14)6-9-7-15-11-4-3-5-12(17-2)13(9)11;2*1-2/h3-5,7,10,15-16H,1,6,14H2,2H3;2*1-2H3. The van der Waals surface area contributed by atoms with Gasteiger partial charge < -0.3 is 20.6 Å². The first-order valence-electron chi connectivity index (χ1n) is 7.39. The summed E-state index contributed by atoms with van der Waals surface area (Å²) in [7, 11) is 1.64. The first kappa shape index (κ1) is 19.1. The monoisotopic (exact) mass is 292 g/mol. The third-order valence-electron chi connectivity index (χ3n) is 2.84. The third-order valence-corrected chi connectivity index (χ3v) is 2.84. The van der Waals surface area contributed by atoms with E-state index in [-0.39, 0.29) is 5.76 Å². The SMILES string of the molecule is C=C(O)C(N)Cc1c[nH]c2cccc(OC)c12.CC.CC. The second-order valence-corrected chi connectivity index (χ2v) is 4.00. The number of benzene rings is 1. The van der Waals surface area contributed by atoms with Crippen LogP contribution in [0.5, 0.6) is 5.75 Å². The lowest BCUT2D eigenvalue weighted by molar-refractivity contribution is 0.368. The van der Waals surface area contributed by atoms with Crippen molar-refractivity contribution in [1.29, 1.82) is 0 Å². The topological polar surface area (TPSA) is 71.3 Å². The lowest BCUT2D eigenvalue weighted by Gasteiger charge is -2.10. The number of hydrogen-bond acceptors (Lipinski definition) is 3. The van der Waals surface area contributed by atoms with Crippen LogP contribution in [0, 0.1) is 0 Å². The lowest BCUT2D eigenvalue weighted by atomic mass is 10.0. The lowest BCUT2D eigenvalue weighted by Crippen LogP contribution is -2.24. The van der Waals surface area contributed by atoms with Crippen molar-refractivity contribution in [3.8, 4) is 5.75 Å². The molecular formula is C17H28N2O2. The van der Waals surface area contributed by atoms with Crippen molar-refractivity contribution in [3.63, 3.8) is 0 Å². The van der Waals surface area contributed by atoms with Gasteiger partial charge in [0.2, 0.25) is 0 Å². The summed E-state index contributed by atoms with van der Waals surface area (Å²) in [5.74, 6) is 0.795. The zero-order chi connectivity index (χ0) is 16.4. The van der Waals surface area contributed by atoms with Crippen molar-refractivity contribution >= 4 is 10.9 Å². The molecule has 118 valence electrons.